The average molecular weight is 242 g/mol. The van der Waals surface area contributed by atoms with Crippen molar-refractivity contribution in [3.05, 3.63) is 48.0 Å². The molecule has 0 aliphatic heterocycles. The van der Waals surface area contributed by atoms with Crippen LogP contribution in [0.1, 0.15) is 19.4 Å². The van der Waals surface area contributed by atoms with Crippen molar-refractivity contribution in [2.45, 2.75) is 26.9 Å². The second-order valence-electron chi connectivity index (χ2n) is 4.69. The lowest BCUT2D eigenvalue weighted by molar-refractivity contribution is 0.242. The van der Waals surface area contributed by atoms with E-state index < -0.39 is 0 Å². The average Bonchev–Trinajstić information content (AvgIpc) is 2.28. The van der Waals surface area contributed by atoms with E-state index in [9.17, 15) is 5.11 Å². The van der Waals surface area contributed by atoms with E-state index in [-0.39, 0.29) is 6.10 Å². The van der Waals surface area contributed by atoms with Gasteiger partial charge in [0.25, 0.3) is 0 Å². The molecule has 0 unspecified atom stereocenters. The van der Waals surface area contributed by atoms with Crippen LogP contribution in [0.3, 0.4) is 0 Å². The minimum atomic E-state index is 0.168. The fraction of sp³-hybridized carbons (Fsp3) is 0.250. The van der Waals surface area contributed by atoms with Gasteiger partial charge in [-0.3, -0.25) is 0 Å². The first-order valence-electron chi connectivity index (χ1n) is 6.13. The normalized spacial score (nSPS) is 10.7. The molecular weight excluding hydrogens is 224 g/mol. The van der Waals surface area contributed by atoms with E-state index in [4.69, 9.17) is 4.74 Å². The van der Waals surface area contributed by atoms with Gasteiger partial charge in [-0.05, 0) is 61.7 Å². The molecule has 2 heteroatoms. The van der Waals surface area contributed by atoms with Crippen LogP contribution in [0, 0.1) is 6.92 Å². The van der Waals surface area contributed by atoms with Gasteiger partial charge in [0, 0.05) is 0 Å². The molecule has 0 aliphatic carbocycles. The molecule has 0 heterocycles. The number of rotatable bonds is 3. The third kappa shape index (κ3) is 2.83. The zero-order chi connectivity index (χ0) is 13.1. The standard InChI is InChI=1S/C16H18O2/c1-11(2)18-15-6-4-5-13(10-15)16-8-7-14(17)9-12(16)3/h4-11,17H,1-3H3. The Hall–Kier alpha value is -1.96. The summed E-state index contributed by atoms with van der Waals surface area (Å²) in [6, 6.07) is 13.4. The van der Waals surface area contributed by atoms with Crippen molar-refractivity contribution in [1.29, 1.82) is 0 Å². The zero-order valence-corrected chi connectivity index (χ0v) is 11.0. The Morgan fingerprint density at radius 2 is 1.83 bits per heavy atom. The van der Waals surface area contributed by atoms with Crippen molar-refractivity contribution in [1.82, 2.24) is 0 Å². The van der Waals surface area contributed by atoms with Crippen LogP contribution in [0.15, 0.2) is 42.5 Å². The van der Waals surface area contributed by atoms with Crippen LogP contribution in [0.4, 0.5) is 0 Å². The van der Waals surface area contributed by atoms with Crippen molar-refractivity contribution < 1.29 is 9.84 Å². The lowest BCUT2D eigenvalue weighted by Crippen LogP contribution is -2.05. The molecule has 0 aromatic heterocycles. The van der Waals surface area contributed by atoms with Crippen LogP contribution in [0.25, 0.3) is 11.1 Å². The second kappa shape index (κ2) is 5.13. The van der Waals surface area contributed by atoms with Gasteiger partial charge in [0.1, 0.15) is 11.5 Å². The molecule has 2 aromatic carbocycles. The molecule has 0 amide bonds. The van der Waals surface area contributed by atoms with Gasteiger partial charge in [0.2, 0.25) is 0 Å². The fourth-order valence-corrected chi connectivity index (χ4v) is 1.98. The summed E-state index contributed by atoms with van der Waals surface area (Å²) in [7, 11) is 0. The van der Waals surface area contributed by atoms with Crippen LogP contribution in [-0.4, -0.2) is 11.2 Å². The number of hydrogen-bond acceptors (Lipinski definition) is 2. The van der Waals surface area contributed by atoms with Crippen LogP contribution in [0.5, 0.6) is 11.5 Å². The van der Waals surface area contributed by atoms with E-state index >= 15 is 0 Å². The van der Waals surface area contributed by atoms with Crippen molar-refractivity contribution in [3.63, 3.8) is 0 Å². The van der Waals surface area contributed by atoms with Gasteiger partial charge in [-0.15, -0.1) is 0 Å². The summed E-state index contributed by atoms with van der Waals surface area (Å²) >= 11 is 0. The Bertz CT molecular complexity index is 545. The summed E-state index contributed by atoms with van der Waals surface area (Å²) in [6.07, 6.45) is 0.168. The van der Waals surface area contributed by atoms with Gasteiger partial charge in [0.15, 0.2) is 0 Å². The second-order valence-corrected chi connectivity index (χ2v) is 4.69. The predicted octanol–water partition coefficient (Wildman–Crippen LogP) is 4.15. The molecule has 1 N–H and O–H groups in total. The molecule has 0 saturated carbocycles. The van der Waals surface area contributed by atoms with Crippen LogP contribution in [0.2, 0.25) is 0 Å². The molecule has 0 radical (unpaired) electrons. The Kier molecular flexibility index (Phi) is 3.56. The highest BCUT2D eigenvalue weighted by Gasteiger charge is 2.05. The molecule has 2 aromatic rings. The summed E-state index contributed by atoms with van der Waals surface area (Å²) in [6.45, 7) is 6.02. The number of benzene rings is 2. The number of hydrogen-bond donors (Lipinski definition) is 1. The number of phenolic OH excluding ortho intramolecular Hbond substituents is 1. The number of aryl methyl sites for hydroxylation is 1. The third-order valence-corrected chi connectivity index (χ3v) is 2.73. The van der Waals surface area contributed by atoms with Crippen molar-refractivity contribution in [2.24, 2.45) is 0 Å². The SMILES string of the molecule is Cc1cc(O)ccc1-c1cccc(OC(C)C)c1. The molecule has 2 nitrogen and oxygen atoms in total. The first-order chi connectivity index (χ1) is 8.56. The van der Waals surface area contributed by atoms with Gasteiger partial charge in [-0.25, -0.2) is 0 Å². The highest BCUT2D eigenvalue weighted by atomic mass is 16.5. The summed E-state index contributed by atoms with van der Waals surface area (Å²) in [5.41, 5.74) is 3.27. The number of aromatic hydroxyl groups is 1. The quantitative estimate of drug-likeness (QED) is 0.876. The topological polar surface area (TPSA) is 29.5 Å². The molecule has 0 bridgehead atoms. The van der Waals surface area contributed by atoms with Gasteiger partial charge >= 0.3 is 0 Å². The lowest BCUT2D eigenvalue weighted by Gasteiger charge is -2.12. The maximum atomic E-state index is 9.43. The Morgan fingerprint density at radius 3 is 2.50 bits per heavy atom. The van der Waals surface area contributed by atoms with Gasteiger partial charge in [-0.2, -0.15) is 0 Å². The minimum absolute atomic E-state index is 0.168. The molecule has 0 fully saturated rings. The molecular formula is C16H18O2. The van der Waals surface area contributed by atoms with Crippen molar-refractivity contribution in [2.75, 3.05) is 0 Å². The lowest BCUT2D eigenvalue weighted by atomic mass is 10.0. The van der Waals surface area contributed by atoms with E-state index in [2.05, 4.69) is 0 Å². The molecule has 2 rings (SSSR count). The highest BCUT2D eigenvalue weighted by molar-refractivity contribution is 5.69. The monoisotopic (exact) mass is 242 g/mol. The van der Waals surface area contributed by atoms with Crippen LogP contribution < -0.4 is 4.74 Å². The highest BCUT2D eigenvalue weighted by Crippen LogP contribution is 2.29. The minimum Gasteiger partial charge on any atom is -0.508 e. The molecule has 0 saturated heterocycles. The molecule has 0 atom stereocenters. The van der Waals surface area contributed by atoms with E-state index in [1.807, 2.05) is 51.1 Å². The summed E-state index contributed by atoms with van der Waals surface area (Å²) in [4.78, 5) is 0. The summed E-state index contributed by atoms with van der Waals surface area (Å²) < 4.78 is 5.69. The third-order valence-electron chi connectivity index (χ3n) is 2.73. The van der Waals surface area contributed by atoms with E-state index in [0.29, 0.717) is 5.75 Å². The number of phenols is 1. The molecule has 94 valence electrons. The summed E-state index contributed by atoms with van der Waals surface area (Å²) in [5.74, 6) is 1.17. The Morgan fingerprint density at radius 1 is 1.06 bits per heavy atom. The summed E-state index contributed by atoms with van der Waals surface area (Å²) in [5, 5.41) is 9.43. The van der Waals surface area contributed by atoms with E-state index in [1.165, 1.54) is 0 Å². The first kappa shape index (κ1) is 12.5. The maximum absolute atomic E-state index is 9.43. The maximum Gasteiger partial charge on any atom is 0.120 e. The number of ether oxygens (including phenoxy) is 1. The van der Waals surface area contributed by atoms with Gasteiger partial charge in [0.05, 0.1) is 6.10 Å². The first-order valence-corrected chi connectivity index (χ1v) is 6.13. The van der Waals surface area contributed by atoms with Gasteiger partial charge in [-0.1, -0.05) is 18.2 Å². The predicted molar refractivity (Wildman–Crippen MR) is 74.0 cm³/mol. The molecule has 0 aliphatic rings. The smallest absolute Gasteiger partial charge is 0.120 e. The molecule has 18 heavy (non-hydrogen) atoms. The Balaban J connectivity index is 2.38. The van der Waals surface area contributed by atoms with Crippen LogP contribution >= 0.6 is 0 Å². The van der Waals surface area contributed by atoms with E-state index in [1.54, 1.807) is 12.1 Å². The zero-order valence-electron chi connectivity index (χ0n) is 11.0. The Labute approximate surface area is 108 Å². The molecule has 0 spiro atoms. The van der Waals surface area contributed by atoms with E-state index in [0.717, 1.165) is 22.4 Å². The fourth-order valence-electron chi connectivity index (χ4n) is 1.98. The van der Waals surface area contributed by atoms with Crippen molar-refractivity contribution >= 4 is 0 Å². The van der Waals surface area contributed by atoms with Crippen molar-refractivity contribution in [3.8, 4) is 22.6 Å². The van der Waals surface area contributed by atoms with Crippen LogP contribution in [-0.2, 0) is 0 Å². The largest absolute Gasteiger partial charge is 0.508 e. The van der Waals surface area contributed by atoms with Gasteiger partial charge < -0.3 is 9.84 Å².